The van der Waals surface area contributed by atoms with Gasteiger partial charge in [-0.15, -0.1) is 0 Å². The van der Waals surface area contributed by atoms with Crippen molar-refractivity contribution in [1.29, 1.82) is 0 Å². The Bertz CT molecular complexity index is 424. The van der Waals surface area contributed by atoms with Gasteiger partial charge < -0.3 is 19.7 Å². The number of amides is 2. The summed E-state index contributed by atoms with van der Waals surface area (Å²) < 4.78 is 11.4. The highest BCUT2D eigenvalue weighted by atomic mass is 16.7. The third-order valence-corrected chi connectivity index (χ3v) is 4.92. The molecule has 2 amide bonds. The predicted molar refractivity (Wildman–Crippen MR) is 80.0 cm³/mol. The molecule has 2 atom stereocenters. The average Bonchev–Trinajstić information content (AvgIpc) is 3.22. The van der Waals surface area contributed by atoms with Gasteiger partial charge in [-0.2, -0.15) is 0 Å². The molecule has 3 aliphatic rings. The summed E-state index contributed by atoms with van der Waals surface area (Å²) in [5.74, 6) is -0.497. The van der Waals surface area contributed by atoms with Gasteiger partial charge in [0.1, 0.15) is 0 Å². The number of unbranched alkanes of at least 4 members (excludes halogenated alkanes) is 1. The average molecular weight is 310 g/mol. The molecule has 2 saturated heterocycles. The molecule has 22 heavy (non-hydrogen) atoms. The Morgan fingerprint density at radius 3 is 2.50 bits per heavy atom. The number of hydrogen-bond acceptors (Lipinski definition) is 4. The van der Waals surface area contributed by atoms with Gasteiger partial charge in [0, 0.05) is 32.5 Å². The Balaban J connectivity index is 1.43. The molecule has 1 spiro atoms. The number of nitrogens with one attached hydrogen (secondary N) is 1. The van der Waals surface area contributed by atoms with E-state index in [9.17, 15) is 9.59 Å². The molecule has 3 rings (SSSR count). The second-order valence-electron chi connectivity index (χ2n) is 6.53. The summed E-state index contributed by atoms with van der Waals surface area (Å²) in [5.41, 5.74) is 0. The molecule has 2 heterocycles. The van der Waals surface area contributed by atoms with E-state index in [0.717, 1.165) is 25.7 Å². The lowest BCUT2D eigenvalue weighted by Gasteiger charge is -2.37. The molecular weight excluding hydrogens is 284 g/mol. The quantitative estimate of drug-likeness (QED) is 0.766. The van der Waals surface area contributed by atoms with Gasteiger partial charge in [0.25, 0.3) is 0 Å². The van der Waals surface area contributed by atoms with E-state index in [-0.39, 0.29) is 23.7 Å². The standard InChI is InChI=1S/C16H26N2O4/c1-2-3-6-17-14(19)12-11-13(12)15(20)18-7-4-16(5-8-18)21-9-10-22-16/h12-13H,2-11H2,1H3,(H,17,19). The van der Waals surface area contributed by atoms with Crippen molar-refractivity contribution in [2.24, 2.45) is 11.8 Å². The highest BCUT2D eigenvalue weighted by Crippen LogP contribution is 2.41. The molecule has 0 radical (unpaired) electrons. The van der Waals surface area contributed by atoms with Crippen LogP contribution in [-0.4, -0.2) is 55.3 Å². The van der Waals surface area contributed by atoms with E-state index in [2.05, 4.69) is 12.2 Å². The van der Waals surface area contributed by atoms with Crippen molar-refractivity contribution in [2.75, 3.05) is 32.8 Å². The maximum atomic E-state index is 12.5. The van der Waals surface area contributed by atoms with Gasteiger partial charge in [-0.05, 0) is 12.8 Å². The van der Waals surface area contributed by atoms with Gasteiger partial charge in [-0.3, -0.25) is 9.59 Å². The topological polar surface area (TPSA) is 67.9 Å². The SMILES string of the molecule is CCCCNC(=O)C1CC1C(=O)N1CCC2(CC1)OCCO2. The van der Waals surface area contributed by atoms with Gasteiger partial charge in [0.05, 0.1) is 25.0 Å². The summed E-state index contributed by atoms with van der Waals surface area (Å²) in [7, 11) is 0. The molecule has 1 saturated carbocycles. The molecule has 0 bridgehead atoms. The van der Waals surface area contributed by atoms with Crippen molar-refractivity contribution in [3.8, 4) is 0 Å². The van der Waals surface area contributed by atoms with Crippen molar-refractivity contribution in [1.82, 2.24) is 10.2 Å². The summed E-state index contributed by atoms with van der Waals surface area (Å²) in [6, 6.07) is 0. The molecular formula is C16H26N2O4. The van der Waals surface area contributed by atoms with E-state index in [0.29, 0.717) is 39.3 Å². The Kier molecular flexibility index (Phi) is 4.68. The number of ether oxygens (including phenoxy) is 2. The number of rotatable bonds is 5. The van der Waals surface area contributed by atoms with Gasteiger partial charge in [0.2, 0.25) is 11.8 Å². The molecule has 2 unspecified atom stereocenters. The molecule has 2 aliphatic heterocycles. The summed E-state index contributed by atoms with van der Waals surface area (Å²) in [6.45, 7) is 5.44. The van der Waals surface area contributed by atoms with E-state index in [1.54, 1.807) is 0 Å². The zero-order chi connectivity index (χ0) is 15.6. The van der Waals surface area contributed by atoms with E-state index in [1.807, 2.05) is 4.90 Å². The van der Waals surface area contributed by atoms with Crippen LogP contribution in [0.5, 0.6) is 0 Å². The van der Waals surface area contributed by atoms with Crippen LogP contribution in [0.4, 0.5) is 0 Å². The summed E-state index contributed by atoms with van der Waals surface area (Å²) >= 11 is 0. The summed E-state index contributed by atoms with van der Waals surface area (Å²) in [5, 5.41) is 2.92. The van der Waals surface area contributed by atoms with Crippen LogP contribution >= 0.6 is 0 Å². The van der Waals surface area contributed by atoms with Crippen LogP contribution in [0.15, 0.2) is 0 Å². The predicted octanol–water partition coefficient (Wildman–Crippen LogP) is 0.904. The van der Waals surface area contributed by atoms with Crippen molar-refractivity contribution in [3.63, 3.8) is 0 Å². The molecule has 1 aliphatic carbocycles. The van der Waals surface area contributed by atoms with Crippen LogP contribution < -0.4 is 5.32 Å². The van der Waals surface area contributed by atoms with Crippen molar-refractivity contribution < 1.29 is 19.1 Å². The van der Waals surface area contributed by atoms with E-state index in [1.165, 1.54) is 0 Å². The number of piperidine rings is 1. The van der Waals surface area contributed by atoms with Crippen molar-refractivity contribution in [2.45, 2.75) is 44.8 Å². The second-order valence-corrected chi connectivity index (χ2v) is 6.53. The molecule has 1 N–H and O–H groups in total. The normalized spacial score (nSPS) is 29.6. The third kappa shape index (κ3) is 3.27. The van der Waals surface area contributed by atoms with Crippen LogP contribution in [0.3, 0.4) is 0 Å². The van der Waals surface area contributed by atoms with Crippen LogP contribution in [0.2, 0.25) is 0 Å². The van der Waals surface area contributed by atoms with Crippen LogP contribution in [-0.2, 0) is 19.1 Å². The van der Waals surface area contributed by atoms with E-state index >= 15 is 0 Å². The first kappa shape index (κ1) is 15.7. The van der Waals surface area contributed by atoms with Gasteiger partial charge in [-0.25, -0.2) is 0 Å². The third-order valence-electron chi connectivity index (χ3n) is 4.92. The minimum absolute atomic E-state index is 0.0442. The minimum Gasteiger partial charge on any atom is -0.356 e. The summed E-state index contributed by atoms with van der Waals surface area (Å²) in [6.07, 6.45) is 4.22. The van der Waals surface area contributed by atoms with Gasteiger partial charge in [0.15, 0.2) is 5.79 Å². The monoisotopic (exact) mass is 310 g/mol. The largest absolute Gasteiger partial charge is 0.356 e. The number of likely N-dealkylation sites (tertiary alicyclic amines) is 1. The smallest absolute Gasteiger partial charge is 0.226 e. The molecule has 6 heteroatoms. The lowest BCUT2D eigenvalue weighted by atomic mass is 10.0. The molecule has 0 aromatic carbocycles. The highest BCUT2D eigenvalue weighted by molar-refractivity contribution is 5.92. The first-order chi connectivity index (χ1) is 10.7. The fourth-order valence-electron chi connectivity index (χ4n) is 3.37. The molecule has 0 aromatic heterocycles. The number of carbonyl (C=O) groups excluding carboxylic acids is 2. The number of nitrogens with zero attached hydrogens (tertiary/aromatic N) is 1. The molecule has 124 valence electrons. The van der Waals surface area contributed by atoms with Crippen LogP contribution in [0.1, 0.15) is 39.0 Å². The van der Waals surface area contributed by atoms with Gasteiger partial charge >= 0.3 is 0 Å². The number of hydrogen-bond donors (Lipinski definition) is 1. The molecule has 0 aromatic rings. The fraction of sp³-hybridized carbons (Fsp3) is 0.875. The van der Waals surface area contributed by atoms with E-state index in [4.69, 9.17) is 9.47 Å². The minimum atomic E-state index is -0.447. The highest BCUT2D eigenvalue weighted by Gasteiger charge is 2.51. The molecule has 6 nitrogen and oxygen atoms in total. The fourth-order valence-corrected chi connectivity index (χ4v) is 3.37. The van der Waals surface area contributed by atoms with Crippen LogP contribution in [0.25, 0.3) is 0 Å². The van der Waals surface area contributed by atoms with Crippen molar-refractivity contribution in [3.05, 3.63) is 0 Å². The maximum absolute atomic E-state index is 12.5. The zero-order valence-electron chi connectivity index (χ0n) is 13.3. The molecule has 3 fully saturated rings. The zero-order valence-corrected chi connectivity index (χ0v) is 13.3. The van der Waals surface area contributed by atoms with Crippen molar-refractivity contribution >= 4 is 11.8 Å². The number of carbonyl (C=O) groups is 2. The Labute approximate surface area is 131 Å². The Morgan fingerprint density at radius 2 is 1.86 bits per heavy atom. The lowest BCUT2D eigenvalue weighted by Crippen LogP contribution is -2.48. The Hall–Kier alpha value is -1.14. The Morgan fingerprint density at radius 1 is 1.18 bits per heavy atom. The first-order valence-electron chi connectivity index (χ1n) is 8.49. The van der Waals surface area contributed by atoms with Crippen LogP contribution in [0, 0.1) is 11.8 Å². The summed E-state index contributed by atoms with van der Waals surface area (Å²) in [4.78, 5) is 26.3. The maximum Gasteiger partial charge on any atom is 0.226 e. The lowest BCUT2D eigenvalue weighted by molar-refractivity contribution is -0.187. The second kappa shape index (κ2) is 6.54. The first-order valence-corrected chi connectivity index (χ1v) is 8.49. The van der Waals surface area contributed by atoms with Gasteiger partial charge in [-0.1, -0.05) is 13.3 Å². The van der Waals surface area contributed by atoms with E-state index < -0.39 is 5.79 Å².